The van der Waals surface area contributed by atoms with Crippen molar-refractivity contribution in [3.63, 3.8) is 0 Å². The number of thiocarbonyl (C=S) groups is 1. The minimum Gasteiger partial charge on any atom is -0.331 e. The Kier molecular flexibility index (Phi) is 4.82. The third-order valence-corrected chi connectivity index (χ3v) is 4.93. The van der Waals surface area contributed by atoms with Crippen molar-refractivity contribution in [3.05, 3.63) is 76.4 Å². The van der Waals surface area contributed by atoms with Crippen LogP contribution in [0.4, 0.5) is 11.6 Å². The van der Waals surface area contributed by atoms with Crippen LogP contribution in [0.15, 0.2) is 70.8 Å². The molecule has 4 rings (SSSR count). The van der Waals surface area contributed by atoms with E-state index in [1.807, 2.05) is 66.0 Å². The van der Waals surface area contributed by atoms with Crippen LogP contribution in [0.3, 0.4) is 0 Å². The Hall–Kier alpha value is -3.23. The van der Waals surface area contributed by atoms with E-state index in [1.165, 1.54) is 11.3 Å². The molecule has 0 fully saturated rings. The minimum absolute atomic E-state index is 0.202. The molecule has 0 unspecified atom stereocenters. The zero-order valence-corrected chi connectivity index (χ0v) is 15.7. The highest BCUT2D eigenvalue weighted by Crippen LogP contribution is 2.30. The lowest BCUT2D eigenvalue weighted by Crippen LogP contribution is -2.34. The zero-order valence-electron chi connectivity index (χ0n) is 14.0. The Morgan fingerprint density at radius 2 is 1.74 bits per heavy atom. The summed E-state index contributed by atoms with van der Waals surface area (Å²) in [5.74, 6) is 0.297. The van der Waals surface area contributed by atoms with Crippen molar-refractivity contribution < 1.29 is 0 Å². The standard InChI is InChI=1S/C19H15N5OS2/c25-16-15-14(12-7-3-1-4-8-12)11-27-17(15)22-18(21-16)23-24-19(26)20-13-9-5-2-6-10-13/h1-11H,(H2,20,24,26)(H2,21,22,23,25). The Morgan fingerprint density at radius 1 is 1.04 bits per heavy atom. The largest absolute Gasteiger partial charge is 0.331 e. The second-order valence-corrected chi connectivity index (χ2v) is 6.95. The highest BCUT2D eigenvalue weighted by atomic mass is 32.1. The molecule has 0 atom stereocenters. The van der Waals surface area contributed by atoms with Crippen LogP contribution in [-0.4, -0.2) is 15.1 Å². The van der Waals surface area contributed by atoms with E-state index in [0.29, 0.717) is 21.3 Å². The molecule has 2 aromatic heterocycles. The van der Waals surface area contributed by atoms with Gasteiger partial charge in [-0.3, -0.25) is 20.6 Å². The molecule has 134 valence electrons. The van der Waals surface area contributed by atoms with Crippen LogP contribution in [0.2, 0.25) is 0 Å². The van der Waals surface area contributed by atoms with Gasteiger partial charge in [-0.25, -0.2) is 4.98 Å². The van der Waals surface area contributed by atoms with Gasteiger partial charge in [0.2, 0.25) is 5.95 Å². The maximum absolute atomic E-state index is 12.6. The van der Waals surface area contributed by atoms with Crippen molar-refractivity contribution in [1.82, 2.24) is 15.4 Å². The molecule has 0 aliphatic rings. The van der Waals surface area contributed by atoms with Gasteiger partial charge < -0.3 is 5.32 Å². The van der Waals surface area contributed by atoms with Gasteiger partial charge in [-0.15, -0.1) is 11.3 Å². The number of benzene rings is 2. The van der Waals surface area contributed by atoms with Crippen LogP contribution < -0.4 is 21.7 Å². The van der Waals surface area contributed by atoms with E-state index in [4.69, 9.17) is 12.2 Å². The van der Waals surface area contributed by atoms with E-state index in [2.05, 4.69) is 26.1 Å². The monoisotopic (exact) mass is 393 g/mol. The van der Waals surface area contributed by atoms with Crippen LogP contribution in [0.1, 0.15) is 0 Å². The average Bonchev–Trinajstić information content (AvgIpc) is 3.12. The van der Waals surface area contributed by atoms with Gasteiger partial charge in [0, 0.05) is 16.6 Å². The van der Waals surface area contributed by atoms with Crippen molar-refractivity contribution in [3.8, 4) is 11.1 Å². The molecule has 2 heterocycles. The molecule has 0 saturated heterocycles. The topological polar surface area (TPSA) is 81.8 Å². The summed E-state index contributed by atoms with van der Waals surface area (Å²) in [6, 6.07) is 19.3. The molecule has 0 amide bonds. The maximum Gasteiger partial charge on any atom is 0.261 e. The normalized spacial score (nSPS) is 10.5. The van der Waals surface area contributed by atoms with Gasteiger partial charge in [0.05, 0.1) is 5.39 Å². The number of para-hydroxylation sites is 1. The predicted octanol–water partition coefficient (Wildman–Crippen LogP) is 3.97. The maximum atomic E-state index is 12.6. The summed E-state index contributed by atoms with van der Waals surface area (Å²) in [6.07, 6.45) is 0. The first-order chi connectivity index (χ1) is 13.2. The van der Waals surface area contributed by atoms with E-state index in [9.17, 15) is 4.79 Å². The number of nitrogens with one attached hydrogen (secondary N) is 4. The lowest BCUT2D eigenvalue weighted by Gasteiger charge is -2.11. The van der Waals surface area contributed by atoms with Gasteiger partial charge in [0.1, 0.15) is 4.83 Å². The number of fused-ring (bicyclic) bond motifs is 1. The van der Waals surface area contributed by atoms with Gasteiger partial charge in [0.25, 0.3) is 5.56 Å². The number of hydrogen-bond donors (Lipinski definition) is 4. The average molecular weight is 393 g/mol. The number of aromatic nitrogens is 2. The number of H-pyrrole nitrogens is 1. The number of thiophene rings is 1. The summed E-state index contributed by atoms with van der Waals surface area (Å²) in [5, 5.41) is 5.92. The quantitative estimate of drug-likeness (QED) is 0.310. The molecule has 27 heavy (non-hydrogen) atoms. The molecule has 0 bridgehead atoms. The van der Waals surface area contributed by atoms with Gasteiger partial charge in [0.15, 0.2) is 5.11 Å². The molecule has 4 N–H and O–H groups in total. The fraction of sp³-hybridized carbons (Fsp3) is 0. The van der Waals surface area contributed by atoms with Gasteiger partial charge in [-0.05, 0) is 29.9 Å². The fourth-order valence-corrected chi connectivity index (χ4v) is 3.75. The molecule has 0 saturated carbocycles. The molecule has 8 heteroatoms. The predicted molar refractivity (Wildman–Crippen MR) is 115 cm³/mol. The molecule has 4 aromatic rings. The Morgan fingerprint density at radius 3 is 2.48 bits per heavy atom. The van der Waals surface area contributed by atoms with Crippen LogP contribution in [-0.2, 0) is 0 Å². The Bertz CT molecular complexity index is 1140. The SMILES string of the molecule is O=c1[nH]c(NNC(=S)Nc2ccccc2)nc2scc(-c3ccccc3)c12. The van der Waals surface area contributed by atoms with Crippen molar-refractivity contribution in [2.75, 3.05) is 10.7 Å². The zero-order chi connectivity index (χ0) is 18.6. The smallest absolute Gasteiger partial charge is 0.261 e. The second-order valence-electron chi connectivity index (χ2n) is 5.68. The van der Waals surface area contributed by atoms with Gasteiger partial charge in [-0.1, -0.05) is 48.5 Å². The lowest BCUT2D eigenvalue weighted by molar-refractivity contribution is 1.04. The molecule has 0 aliphatic carbocycles. The summed E-state index contributed by atoms with van der Waals surface area (Å²) in [5.41, 5.74) is 8.18. The molecule has 2 aromatic carbocycles. The van der Waals surface area contributed by atoms with E-state index >= 15 is 0 Å². The van der Waals surface area contributed by atoms with E-state index in [1.54, 1.807) is 0 Å². The van der Waals surface area contributed by atoms with Crippen LogP contribution in [0, 0.1) is 0 Å². The molecule has 0 radical (unpaired) electrons. The van der Waals surface area contributed by atoms with Gasteiger partial charge in [-0.2, -0.15) is 0 Å². The molecule has 6 nitrogen and oxygen atoms in total. The highest BCUT2D eigenvalue weighted by Gasteiger charge is 2.12. The van der Waals surface area contributed by atoms with Crippen molar-refractivity contribution in [1.29, 1.82) is 0 Å². The first kappa shape index (κ1) is 17.2. The third kappa shape index (κ3) is 3.81. The van der Waals surface area contributed by atoms with E-state index in [0.717, 1.165) is 16.8 Å². The third-order valence-electron chi connectivity index (χ3n) is 3.85. The first-order valence-electron chi connectivity index (χ1n) is 8.16. The summed E-state index contributed by atoms with van der Waals surface area (Å²) < 4.78 is 0. The number of hydrazine groups is 1. The van der Waals surface area contributed by atoms with Crippen LogP contribution in [0.5, 0.6) is 0 Å². The van der Waals surface area contributed by atoms with Gasteiger partial charge >= 0.3 is 0 Å². The summed E-state index contributed by atoms with van der Waals surface area (Å²) in [4.78, 5) is 20.4. The second kappa shape index (κ2) is 7.56. The van der Waals surface area contributed by atoms with Crippen molar-refractivity contribution in [2.45, 2.75) is 0 Å². The number of rotatable bonds is 4. The molecular formula is C19H15N5OS2. The molecule has 0 aliphatic heterocycles. The fourth-order valence-electron chi connectivity index (χ4n) is 2.64. The number of anilines is 2. The number of nitrogens with zero attached hydrogens (tertiary/aromatic N) is 1. The highest BCUT2D eigenvalue weighted by molar-refractivity contribution is 7.80. The Labute approximate surface area is 164 Å². The van der Waals surface area contributed by atoms with Crippen LogP contribution >= 0.6 is 23.6 Å². The van der Waals surface area contributed by atoms with E-state index in [-0.39, 0.29) is 5.56 Å². The lowest BCUT2D eigenvalue weighted by atomic mass is 10.1. The number of aromatic amines is 1. The van der Waals surface area contributed by atoms with Crippen molar-refractivity contribution >= 4 is 50.5 Å². The summed E-state index contributed by atoms with van der Waals surface area (Å²) in [6.45, 7) is 0. The summed E-state index contributed by atoms with van der Waals surface area (Å²) in [7, 11) is 0. The minimum atomic E-state index is -0.202. The Balaban J connectivity index is 1.52. The van der Waals surface area contributed by atoms with E-state index < -0.39 is 0 Å². The molecular weight excluding hydrogens is 378 g/mol. The summed E-state index contributed by atoms with van der Waals surface area (Å²) >= 11 is 6.66. The van der Waals surface area contributed by atoms with Crippen molar-refractivity contribution in [2.24, 2.45) is 0 Å². The first-order valence-corrected chi connectivity index (χ1v) is 9.44. The van der Waals surface area contributed by atoms with Crippen LogP contribution in [0.25, 0.3) is 21.3 Å². The molecule has 0 spiro atoms. The number of hydrogen-bond acceptors (Lipinski definition) is 5.